The molecule has 2 unspecified atom stereocenters. The normalized spacial score (nSPS) is 14.7. The molecule has 2 atom stereocenters. The van der Waals surface area contributed by atoms with Crippen LogP contribution in [-0.4, -0.2) is 50.5 Å². The molecule has 180 valence electrons. The Bertz CT molecular complexity index is 1250. The molecule has 1 aliphatic rings. The summed E-state index contributed by atoms with van der Waals surface area (Å²) in [6, 6.07) is 16.9. The number of carboxylic acids is 1. The fourth-order valence-electron chi connectivity index (χ4n) is 4.37. The van der Waals surface area contributed by atoms with Gasteiger partial charge in [-0.05, 0) is 62.4 Å². The molecule has 4 rings (SSSR count). The maximum Gasteiger partial charge on any atom is 0.309 e. The standard InChI is InChI=1S/C28H28N2O5/c1-17-3-11-22-24(15-17)27(33)30(26(22)32)14-13-23(28(34)35)25(31)12-7-19-5-9-20(10-6-19)21-8-4-18(2)29-16-21/h3-6,8-11,15-16,23,25,31H,7,12-14H2,1-2H3,(H,34,35). The minimum Gasteiger partial charge on any atom is -0.481 e. The average Bonchev–Trinajstić information content (AvgIpc) is 3.07. The summed E-state index contributed by atoms with van der Waals surface area (Å²) in [6.07, 6.45) is 1.46. The smallest absolute Gasteiger partial charge is 0.309 e. The Morgan fingerprint density at radius 1 is 0.914 bits per heavy atom. The Hall–Kier alpha value is -3.84. The molecule has 7 nitrogen and oxygen atoms in total. The van der Waals surface area contributed by atoms with Crippen LogP contribution in [0, 0.1) is 19.8 Å². The number of carbonyl (C=O) groups excluding carboxylic acids is 2. The molecule has 1 aliphatic heterocycles. The van der Waals surface area contributed by atoms with Crippen LogP contribution >= 0.6 is 0 Å². The van der Waals surface area contributed by atoms with Gasteiger partial charge in [-0.2, -0.15) is 0 Å². The summed E-state index contributed by atoms with van der Waals surface area (Å²) < 4.78 is 0. The second kappa shape index (κ2) is 10.2. The molecule has 1 aromatic heterocycles. The number of fused-ring (bicyclic) bond motifs is 1. The van der Waals surface area contributed by atoms with Gasteiger partial charge in [0.1, 0.15) is 0 Å². The topological polar surface area (TPSA) is 108 Å². The highest BCUT2D eigenvalue weighted by molar-refractivity contribution is 6.21. The van der Waals surface area contributed by atoms with Gasteiger partial charge < -0.3 is 10.2 Å². The predicted octanol–water partition coefficient (Wildman–Crippen LogP) is 4.05. The molecule has 0 saturated carbocycles. The van der Waals surface area contributed by atoms with Gasteiger partial charge in [-0.25, -0.2) is 0 Å². The van der Waals surface area contributed by atoms with Crippen LogP contribution in [0.25, 0.3) is 11.1 Å². The van der Waals surface area contributed by atoms with E-state index in [1.165, 1.54) is 0 Å². The lowest BCUT2D eigenvalue weighted by Crippen LogP contribution is -2.36. The quantitative estimate of drug-likeness (QED) is 0.455. The molecule has 0 aliphatic carbocycles. The highest BCUT2D eigenvalue weighted by Crippen LogP contribution is 2.26. The minimum atomic E-state index is -1.15. The third-order valence-corrected chi connectivity index (χ3v) is 6.50. The van der Waals surface area contributed by atoms with E-state index >= 15 is 0 Å². The molecule has 0 radical (unpaired) electrons. The summed E-state index contributed by atoms with van der Waals surface area (Å²) in [6.45, 7) is 3.72. The van der Waals surface area contributed by atoms with Crippen molar-refractivity contribution >= 4 is 17.8 Å². The van der Waals surface area contributed by atoms with Crippen LogP contribution in [0.15, 0.2) is 60.8 Å². The zero-order chi connectivity index (χ0) is 25.1. The van der Waals surface area contributed by atoms with Gasteiger partial charge in [-0.3, -0.25) is 24.3 Å². The van der Waals surface area contributed by atoms with Gasteiger partial charge in [-0.1, -0.05) is 42.0 Å². The maximum absolute atomic E-state index is 12.7. The van der Waals surface area contributed by atoms with E-state index < -0.39 is 29.8 Å². The fourth-order valence-corrected chi connectivity index (χ4v) is 4.37. The number of hydrogen-bond donors (Lipinski definition) is 2. The zero-order valence-corrected chi connectivity index (χ0v) is 19.8. The van der Waals surface area contributed by atoms with Crippen LogP contribution in [0.5, 0.6) is 0 Å². The van der Waals surface area contributed by atoms with Gasteiger partial charge in [0, 0.05) is 24.0 Å². The number of nitrogens with zero attached hydrogens (tertiary/aromatic N) is 2. The maximum atomic E-state index is 12.7. The second-order valence-corrected chi connectivity index (χ2v) is 9.04. The van der Waals surface area contributed by atoms with Crippen molar-refractivity contribution in [3.8, 4) is 11.1 Å². The first-order valence-electron chi connectivity index (χ1n) is 11.6. The number of aliphatic carboxylic acids is 1. The van der Waals surface area contributed by atoms with Crippen LogP contribution in [-0.2, 0) is 11.2 Å². The zero-order valence-electron chi connectivity index (χ0n) is 19.8. The van der Waals surface area contributed by atoms with Crippen molar-refractivity contribution in [2.75, 3.05) is 6.54 Å². The third-order valence-electron chi connectivity index (χ3n) is 6.50. The number of aliphatic hydroxyl groups is 1. The molecule has 2 amide bonds. The monoisotopic (exact) mass is 472 g/mol. The van der Waals surface area contributed by atoms with Crippen molar-refractivity contribution < 1.29 is 24.6 Å². The molecular formula is C28H28N2O5. The molecule has 7 heteroatoms. The summed E-state index contributed by atoms with van der Waals surface area (Å²) in [5, 5.41) is 20.3. The highest BCUT2D eigenvalue weighted by Gasteiger charge is 2.37. The van der Waals surface area contributed by atoms with Crippen molar-refractivity contribution in [2.45, 2.75) is 39.2 Å². The number of benzene rings is 2. The molecule has 0 fully saturated rings. The fraction of sp³-hybridized carbons (Fsp3) is 0.286. The molecule has 0 saturated heterocycles. The number of hydrogen-bond acceptors (Lipinski definition) is 5. The van der Waals surface area contributed by atoms with E-state index in [-0.39, 0.29) is 19.4 Å². The molecular weight excluding hydrogens is 444 g/mol. The van der Waals surface area contributed by atoms with Crippen LogP contribution in [0.2, 0.25) is 0 Å². The number of amides is 2. The molecule has 3 aromatic rings. The average molecular weight is 473 g/mol. The van der Waals surface area contributed by atoms with Gasteiger partial charge in [0.15, 0.2) is 0 Å². The number of aliphatic hydroxyl groups excluding tert-OH is 1. The molecule has 2 N–H and O–H groups in total. The number of aryl methyl sites for hydroxylation is 3. The SMILES string of the molecule is Cc1ccc2c(c1)C(=O)N(CCC(C(=O)O)C(O)CCc1ccc(-c3ccc(C)nc3)cc1)C2=O. The minimum absolute atomic E-state index is 0.0136. The van der Waals surface area contributed by atoms with E-state index in [1.807, 2.05) is 56.4 Å². The number of carbonyl (C=O) groups is 3. The molecule has 35 heavy (non-hydrogen) atoms. The third kappa shape index (κ3) is 5.30. The van der Waals surface area contributed by atoms with Crippen molar-refractivity contribution in [2.24, 2.45) is 5.92 Å². The Morgan fingerprint density at radius 2 is 1.60 bits per heavy atom. The first-order chi connectivity index (χ1) is 16.7. The Balaban J connectivity index is 1.35. The van der Waals surface area contributed by atoms with Gasteiger partial charge in [0.05, 0.1) is 23.1 Å². The lowest BCUT2D eigenvalue weighted by molar-refractivity contribution is -0.146. The van der Waals surface area contributed by atoms with Gasteiger partial charge in [0.25, 0.3) is 11.8 Å². The van der Waals surface area contributed by atoms with Gasteiger partial charge in [0.2, 0.25) is 0 Å². The number of carboxylic acid groups (broad SMARTS) is 1. The Kier molecular flexibility index (Phi) is 7.07. The van der Waals surface area contributed by atoms with Crippen LogP contribution in [0.1, 0.15) is 50.4 Å². The number of rotatable bonds is 9. The number of imide groups is 1. The van der Waals surface area contributed by atoms with Gasteiger partial charge >= 0.3 is 5.97 Å². The van der Waals surface area contributed by atoms with E-state index in [1.54, 1.807) is 18.2 Å². The Morgan fingerprint density at radius 3 is 2.26 bits per heavy atom. The van der Waals surface area contributed by atoms with Crippen molar-refractivity contribution in [3.63, 3.8) is 0 Å². The lowest BCUT2D eigenvalue weighted by Gasteiger charge is -2.22. The summed E-state index contributed by atoms with van der Waals surface area (Å²) in [4.78, 5) is 42.5. The van der Waals surface area contributed by atoms with Crippen LogP contribution in [0.4, 0.5) is 0 Å². The van der Waals surface area contributed by atoms with E-state index in [0.717, 1.165) is 32.8 Å². The van der Waals surface area contributed by atoms with Crippen molar-refractivity contribution in [3.05, 3.63) is 88.7 Å². The number of aromatic nitrogens is 1. The second-order valence-electron chi connectivity index (χ2n) is 9.04. The predicted molar refractivity (Wildman–Crippen MR) is 131 cm³/mol. The molecule has 2 aromatic carbocycles. The summed E-state index contributed by atoms with van der Waals surface area (Å²) in [7, 11) is 0. The molecule has 0 bridgehead atoms. The van der Waals surface area contributed by atoms with Crippen molar-refractivity contribution in [1.82, 2.24) is 9.88 Å². The molecule has 0 spiro atoms. The van der Waals surface area contributed by atoms with E-state index in [9.17, 15) is 24.6 Å². The van der Waals surface area contributed by atoms with Crippen LogP contribution in [0.3, 0.4) is 0 Å². The van der Waals surface area contributed by atoms with E-state index in [4.69, 9.17) is 0 Å². The summed E-state index contributed by atoms with van der Waals surface area (Å²) in [5.41, 5.74) is 5.51. The van der Waals surface area contributed by atoms with E-state index in [0.29, 0.717) is 17.5 Å². The van der Waals surface area contributed by atoms with Gasteiger partial charge in [-0.15, -0.1) is 0 Å². The largest absolute Gasteiger partial charge is 0.481 e. The summed E-state index contributed by atoms with van der Waals surface area (Å²) in [5.74, 6) is -3.07. The highest BCUT2D eigenvalue weighted by atomic mass is 16.4. The molecule has 2 heterocycles. The lowest BCUT2D eigenvalue weighted by atomic mass is 9.93. The number of pyridine rings is 1. The Labute approximate surface area is 204 Å². The van der Waals surface area contributed by atoms with Crippen molar-refractivity contribution in [1.29, 1.82) is 0 Å². The van der Waals surface area contributed by atoms with Crippen LogP contribution < -0.4 is 0 Å². The van der Waals surface area contributed by atoms with E-state index in [2.05, 4.69) is 4.98 Å². The first kappa shape index (κ1) is 24.3. The first-order valence-corrected chi connectivity index (χ1v) is 11.6. The summed E-state index contributed by atoms with van der Waals surface area (Å²) >= 11 is 0.